The van der Waals surface area contributed by atoms with Crippen LogP contribution in [0.1, 0.15) is 25.3 Å². The lowest BCUT2D eigenvalue weighted by atomic mass is 10.1. The quantitative estimate of drug-likeness (QED) is 0.756. The van der Waals surface area contributed by atoms with E-state index in [-0.39, 0.29) is 6.04 Å². The molecule has 0 aromatic heterocycles. The van der Waals surface area contributed by atoms with Crippen molar-refractivity contribution in [3.63, 3.8) is 0 Å². The standard InChI is InChI=1S/C14H22N2O2S/c1-5-6-7-12(3)16-13-9-8-11(2)14(10-13)19(17,18)15-4/h5,8-10,12,15-16H,1,6-7H2,2-4H3. The molecule has 1 rings (SSSR count). The Balaban J connectivity index is 2.94. The van der Waals surface area contributed by atoms with E-state index in [0.717, 1.165) is 24.1 Å². The highest BCUT2D eigenvalue weighted by Gasteiger charge is 2.15. The van der Waals surface area contributed by atoms with Crippen LogP contribution in [0.4, 0.5) is 5.69 Å². The van der Waals surface area contributed by atoms with Gasteiger partial charge in [-0.25, -0.2) is 13.1 Å². The van der Waals surface area contributed by atoms with Crippen LogP contribution in [0.5, 0.6) is 0 Å². The SMILES string of the molecule is C=CCCC(C)Nc1ccc(C)c(S(=O)(=O)NC)c1. The summed E-state index contributed by atoms with van der Waals surface area (Å²) in [5.74, 6) is 0. The molecular weight excluding hydrogens is 260 g/mol. The van der Waals surface area contributed by atoms with Crippen molar-refractivity contribution in [1.82, 2.24) is 4.72 Å². The van der Waals surface area contributed by atoms with E-state index < -0.39 is 10.0 Å². The summed E-state index contributed by atoms with van der Waals surface area (Å²) in [4.78, 5) is 0.316. The number of nitrogens with one attached hydrogen (secondary N) is 2. The molecule has 1 aromatic rings. The Labute approximate surface area is 116 Å². The predicted molar refractivity (Wildman–Crippen MR) is 79.9 cm³/mol. The Morgan fingerprint density at radius 3 is 2.68 bits per heavy atom. The summed E-state index contributed by atoms with van der Waals surface area (Å²) < 4.78 is 26.1. The van der Waals surface area contributed by atoms with E-state index >= 15 is 0 Å². The Morgan fingerprint density at radius 2 is 2.11 bits per heavy atom. The summed E-state index contributed by atoms with van der Waals surface area (Å²) in [5, 5.41) is 3.30. The third kappa shape index (κ3) is 4.36. The van der Waals surface area contributed by atoms with Gasteiger partial charge in [0.05, 0.1) is 4.90 Å². The van der Waals surface area contributed by atoms with Crippen molar-refractivity contribution >= 4 is 15.7 Å². The van der Waals surface area contributed by atoms with Gasteiger partial charge >= 0.3 is 0 Å². The predicted octanol–water partition coefficient (Wildman–Crippen LogP) is 2.67. The molecule has 2 N–H and O–H groups in total. The number of sulfonamides is 1. The zero-order chi connectivity index (χ0) is 14.5. The molecule has 106 valence electrons. The van der Waals surface area contributed by atoms with Gasteiger partial charge in [0.1, 0.15) is 0 Å². The van der Waals surface area contributed by atoms with Gasteiger partial charge in [-0.15, -0.1) is 6.58 Å². The van der Waals surface area contributed by atoms with Gasteiger partial charge in [-0.1, -0.05) is 12.1 Å². The Kier molecular flexibility index (Phi) is 5.57. The summed E-state index contributed by atoms with van der Waals surface area (Å²) in [6.07, 6.45) is 3.78. The van der Waals surface area contributed by atoms with Crippen LogP contribution in [-0.2, 0) is 10.0 Å². The molecule has 1 unspecified atom stereocenters. The second-order valence-corrected chi connectivity index (χ2v) is 6.45. The minimum absolute atomic E-state index is 0.269. The number of hydrogen-bond donors (Lipinski definition) is 2. The largest absolute Gasteiger partial charge is 0.383 e. The average Bonchev–Trinajstić information content (AvgIpc) is 2.38. The lowest BCUT2D eigenvalue weighted by molar-refractivity contribution is 0.587. The zero-order valence-electron chi connectivity index (χ0n) is 11.7. The van der Waals surface area contributed by atoms with Crippen molar-refractivity contribution in [2.45, 2.75) is 37.6 Å². The number of rotatable bonds is 7. The first-order valence-electron chi connectivity index (χ1n) is 6.32. The molecule has 0 aliphatic carbocycles. The van der Waals surface area contributed by atoms with E-state index in [1.54, 1.807) is 13.0 Å². The van der Waals surface area contributed by atoms with Crippen LogP contribution in [0.15, 0.2) is 35.7 Å². The third-order valence-corrected chi connectivity index (χ3v) is 4.52. The molecule has 0 aliphatic heterocycles. The van der Waals surface area contributed by atoms with E-state index in [2.05, 4.69) is 23.5 Å². The minimum Gasteiger partial charge on any atom is -0.383 e. The van der Waals surface area contributed by atoms with Crippen LogP contribution >= 0.6 is 0 Å². The van der Waals surface area contributed by atoms with Crippen LogP contribution in [0, 0.1) is 6.92 Å². The zero-order valence-corrected chi connectivity index (χ0v) is 12.5. The fraction of sp³-hybridized carbons (Fsp3) is 0.429. The summed E-state index contributed by atoms with van der Waals surface area (Å²) in [6, 6.07) is 5.65. The van der Waals surface area contributed by atoms with E-state index in [1.165, 1.54) is 7.05 Å². The molecule has 4 nitrogen and oxygen atoms in total. The van der Waals surface area contributed by atoms with Crippen molar-refractivity contribution in [3.05, 3.63) is 36.4 Å². The average molecular weight is 282 g/mol. The second kappa shape index (κ2) is 6.73. The summed E-state index contributed by atoms with van der Waals surface area (Å²) in [5.41, 5.74) is 1.55. The maximum absolute atomic E-state index is 11.9. The number of allylic oxidation sites excluding steroid dienone is 1. The van der Waals surface area contributed by atoms with E-state index in [4.69, 9.17) is 0 Å². The molecule has 0 saturated carbocycles. The molecule has 19 heavy (non-hydrogen) atoms. The van der Waals surface area contributed by atoms with Gasteiger partial charge in [-0.05, 0) is 51.4 Å². The third-order valence-electron chi connectivity index (χ3n) is 2.96. The number of anilines is 1. The fourth-order valence-electron chi connectivity index (χ4n) is 1.81. The van der Waals surface area contributed by atoms with Crippen LogP contribution in [0.25, 0.3) is 0 Å². The minimum atomic E-state index is -3.41. The highest BCUT2D eigenvalue weighted by molar-refractivity contribution is 7.89. The lowest BCUT2D eigenvalue weighted by Crippen LogP contribution is -2.20. The summed E-state index contributed by atoms with van der Waals surface area (Å²) in [6.45, 7) is 7.55. The van der Waals surface area contributed by atoms with Gasteiger partial charge in [0, 0.05) is 11.7 Å². The first-order chi connectivity index (χ1) is 8.90. The van der Waals surface area contributed by atoms with Crippen molar-refractivity contribution in [2.75, 3.05) is 12.4 Å². The lowest BCUT2D eigenvalue weighted by Gasteiger charge is -2.16. The smallest absolute Gasteiger partial charge is 0.240 e. The molecule has 1 atom stereocenters. The van der Waals surface area contributed by atoms with Crippen LogP contribution in [0.2, 0.25) is 0 Å². The van der Waals surface area contributed by atoms with Crippen molar-refractivity contribution in [2.24, 2.45) is 0 Å². The number of hydrogen-bond acceptors (Lipinski definition) is 3. The van der Waals surface area contributed by atoms with Gasteiger partial charge in [0.2, 0.25) is 10.0 Å². The number of aryl methyl sites for hydroxylation is 1. The molecule has 5 heteroatoms. The molecule has 0 saturated heterocycles. The summed E-state index contributed by atoms with van der Waals surface area (Å²) >= 11 is 0. The number of benzene rings is 1. The molecule has 1 aromatic carbocycles. The molecule has 0 amide bonds. The Hall–Kier alpha value is -1.33. The van der Waals surface area contributed by atoms with E-state index in [1.807, 2.05) is 18.2 Å². The van der Waals surface area contributed by atoms with Crippen molar-refractivity contribution in [1.29, 1.82) is 0 Å². The molecule has 0 aliphatic rings. The molecule has 0 spiro atoms. The fourth-order valence-corrected chi connectivity index (χ4v) is 2.81. The highest BCUT2D eigenvalue weighted by Crippen LogP contribution is 2.21. The van der Waals surface area contributed by atoms with E-state index in [0.29, 0.717) is 4.90 Å². The molecule has 0 bridgehead atoms. The van der Waals surface area contributed by atoms with Crippen LogP contribution in [-0.4, -0.2) is 21.5 Å². The molecule has 0 fully saturated rings. The van der Waals surface area contributed by atoms with Crippen LogP contribution in [0.3, 0.4) is 0 Å². The van der Waals surface area contributed by atoms with Crippen molar-refractivity contribution in [3.8, 4) is 0 Å². The summed E-state index contributed by atoms with van der Waals surface area (Å²) in [7, 11) is -1.99. The van der Waals surface area contributed by atoms with Gasteiger partial charge < -0.3 is 5.32 Å². The maximum Gasteiger partial charge on any atom is 0.240 e. The van der Waals surface area contributed by atoms with Gasteiger partial charge in [-0.2, -0.15) is 0 Å². The first-order valence-corrected chi connectivity index (χ1v) is 7.80. The topological polar surface area (TPSA) is 58.2 Å². The van der Waals surface area contributed by atoms with Crippen molar-refractivity contribution < 1.29 is 8.42 Å². The molecule has 0 radical (unpaired) electrons. The molecular formula is C14H22N2O2S. The van der Waals surface area contributed by atoms with E-state index in [9.17, 15) is 8.42 Å². The maximum atomic E-state index is 11.9. The van der Waals surface area contributed by atoms with Gasteiger partial charge in [-0.3, -0.25) is 0 Å². The Bertz CT molecular complexity index is 538. The van der Waals surface area contributed by atoms with Gasteiger partial charge in [0.25, 0.3) is 0 Å². The van der Waals surface area contributed by atoms with Gasteiger partial charge in [0.15, 0.2) is 0 Å². The first kappa shape index (κ1) is 15.7. The Morgan fingerprint density at radius 1 is 1.42 bits per heavy atom. The monoisotopic (exact) mass is 282 g/mol. The highest BCUT2D eigenvalue weighted by atomic mass is 32.2. The van der Waals surface area contributed by atoms with Crippen LogP contribution < -0.4 is 10.0 Å². The normalized spacial score (nSPS) is 13.0. The molecule has 0 heterocycles. The second-order valence-electron chi connectivity index (χ2n) is 4.60.